The van der Waals surface area contributed by atoms with Crippen LogP contribution in [0.15, 0.2) is 0 Å². The monoisotopic (exact) mass is 306 g/mol. The molecule has 1 heterocycles. The van der Waals surface area contributed by atoms with Crippen molar-refractivity contribution in [2.45, 2.75) is 45.1 Å². The third kappa shape index (κ3) is 5.76. The molecule has 118 valence electrons. The number of ether oxygens (including phenoxy) is 1. The van der Waals surface area contributed by atoms with E-state index >= 15 is 0 Å². The first-order valence-corrected chi connectivity index (χ1v) is 8.88. The fourth-order valence-corrected chi connectivity index (χ4v) is 4.02. The number of carbonyl (C=O) groups is 1. The molecule has 0 amide bonds. The van der Waals surface area contributed by atoms with Gasteiger partial charge in [-0.05, 0) is 32.2 Å². The Morgan fingerprint density at radius 1 is 1.45 bits per heavy atom. The van der Waals surface area contributed by atoms with Gasteiger partial charge in [0.25, 0.3) is 0 Å². The molecule has 1 aliphatic heterocycles. The van der Waals surface area contributed by atoms with E-state index in [1.54, 1.807) is 4.31 Å². The molecule has 0 aromatic carbocycles. The molecule has 0 aromatic rings. The molecule has 1 saturated heterocycles. The molecule has 0 saturated carbocycles. The third-order valence-corrected chi connectivity index (χ3v) is 5.39. The fourth-order valence-electron chi connectivity index (χ4n) is 2.38. The van der Waals surface area contributed by atoms with Gasteiger partial charge in [-0.2, -0.15) is 0 Å². The highest BCUT2D eigenvalue weighted by Gasteiger charge is 2.26. The van der Waals surface area contributed by atoms with Gasteiger partial charge in [0.05, 0.1) is 12.9 Å². The Labute approximate surface area is 121 Å². The van der Waals surface area contributed by atoms with Gasteiger partial charge in [-0.1, -0.05) is 6.92 Å². The van der Waals surface area contributed by atoms with Crippen LogP contribution in [0, 0.1) is 0 Å². The lowest BCUT2D eigenvalue weighted by Crippen LogP contribution is -2.42. The van der Waals surface area contributed by atoms with E-state index in [0.29, 0.717) is 19.5 Å². The normalized spacial score (nSPS) is 19.4. The lowest BCUT2D eigenvalue weighted by molar-refractivity contribution is -0.140. The van der Waals surface area contributed by atoms with Gasteiger partial charge in [0, 0.05) is 25.6 Å². The number of esters is 1. The summed E-state index contributed by atoms with van der Waals surface area (Å²) in [7, 11) is -1.98. The van der Waals surface area contributed by atoms with E-state index in [0.717, 1.165) is 25.8 Å². The Hall–Kier alpha value is -0.660. The Balaban J connectivity index is 2.51. The Morgan fingerprint density at radius 3 is 2.75 bits per heavy atom. The zero-order valence-corrected chi connectivity index (χ0v) is 13.2. The third-order valence-electron chi connectivity index (χ3n) is 3.46. The van der Waals surface area contributed by atoms with E-state index in [4.69, 9.17) is 0 Å². The lowest BCUT2D eigenvalue weighted by atomic mass is 10.2. The van der Waals surface area contributed by atoms with Crippen molar-refractivity contribution >= 4 is 16.0 Å². The molecule has 0 spiro atoms. The van der Waals surface area contributed by atoms with Gasteiger partial charge in [0.15, 0.2) is 0 Å². The Morgan fingerprint density at radius 2 is 2.20 bits per heavy atom. The molecular weight excluding hydrogens is 280 g/mol. The van der Waals surface area contributed by atoms with Crippen molar-refractivity contribution in [3.05, 3.63) is 0 Å². The first-order chi connectivity index (χ1) is 9.49. The van der Waals surface area contributed by atoms with Crippen LogP contribution in [-0.2, 0) is 19.6 Å². The van der Waals surface area contributed by atoms with Gasteiger partial charge in [0.2, 0.25) is 10.0 Å². The molecule has 1 N–H and O–H groups in total. The van der Waals surface area contributed by atoms with Crippen LogP contribution in [0.3, 0.4) is 0 Å². The minimum absolute atomic E-state index is 0.00875. The minimum Gasteiger partial charge on any atom is -0.469 e. The second-order valence-electron chi connectivity index (χ2n) is 5.15. The topological polar surface area (TPSA) is 75.7 Å². The first-order valence-electron chi connectivity index (χ1n) is 7.27. The summed E-state index contributed by atoms with van der Waals surface area (Å²) in [4.78, 5) is 11.0. The summed E-state index contributed by atoms with van der Waals surface area (Å²) in [5.74, 6) is -0.353. The minimum atomic E-state index is -3.29. The number of hydrogen-bond acceptors (Lipinski definition) is 5. The predicted octanol–water partition coefficient (Wildman–Crippen LogP) is 0.733. The van der Waals surface area contributed by atoms with E-state index in [-0.39, 0.29) is 24.2 Å². The number of nitrogens with one attached hydrogen (secondary N) is 1. The van der Waals surface area contributed by atoms with Crippen molar-refractivity contribution in [3.8, 4) is 0 Å². The fraction of sp³-hybridized carbons (Fsp3) is 0.923. The van der Waals surface area contributed by atoms with E-state index < -0.39 is 10.0 Å². The van der Waals surface area contributed by atoms with Crippen molar-refractivity contribution in [2.24, 2.45) is 0 Å². The van der Waals surface area contributed by atoms with Crippen LogP contribution < -0.4 is 5.32 Å². The Kier molecular flexibility index (Phi) is 7.47. The zero-order valence-electron chi connectivity index (χ0n) is 12.4. The van der Waals surface area contributed by atoms with Crippen molar-refractivity contribution in [2.75, 3.05) is 32.5 Å². The van der Waals surface area contributed by atoms with Crippen LogP contribution in [0.1, 0.15) is 39.0 Å². The molecule has 0 bridgehead atoms. The van der Waals surface area contributed by atoms with Crippen molar-refractivity contribution in [3.63, 3.8) is 0 Å². The van der Waals surface area contributed by atoms with E-state index in [1.807, 2.05) is 6.92 Å². The summed E-state index contributed by atoms with van der Waals surface area (Å²) in [6, 6.07) is 0.261. The highest BCUT2D eigenvalue weighted by atomic mass is 32.2. The van der Waals surface area contributed by atoms with Gasteiger partial charge >= 0.3 is 5.97 Å². The number of rotatable bonds is 9. The van der Waals surface area contributed by atoms with Crippen LogP contribution in [-0.4, -0.2) is 57.2 Å². The van der Waals surface area contributed by atoms with Gasteiger partial charge in [-0.25, -0.2) is 12.7 Å². The van der Waals surface area contributed by atoms with E-state index in [2.05, 4.69) is 10.1 Å². The average molecular weight is 306 g/mol. The quantitative estimate of drug-likeness (QED) is 0.636. The molecule has 1 atom stereocenters. The molecule has 1 aliphatic rings. The summed E-state index contributed by atoms with van der Waals surface area (Å²) in [6.07, 6.45) is 3.39. The molecular formula is C13H26N2O4S. The van der Waals surface area contributed by atoms with Gasteiger partial charge in [0.1, 0.15) is 0 Å². The summed E-state index contributed by atoms with van der Waals surface area (Å²) in [6.45, 7) is 4.01. The maximum Gasteiger partial charge on any atom is 0.305 e. The first kappa shape index (κ1) is 17.4. The molecule has 0 aromatic heterocycles. The van der Waals surface area contributed by atoms with Crippen LogP contribution in [0.25, 0.3) is 0 Å². The predicted molar refractivity (Wildman–Crippen MR) is 77.9 cm³/mol. The van der Waals surface area contributed by atoms with Crippen LogP contribution in [0.4, 0.5) is 0 Å². The van der Waals surface area contributed by atoms with Crippen LogP contribution in [0.2, 0.25) is 0 Å². The largest absolute Gasteiger partial charge is 0.469 e. The molecule has 0 aliphatic carbocycles. The van der Waals surface area contributed by atoms with Gasteiger partial charge in [-0.3, -0.25) is 4.79 Å². The van der Waals surface area contributed by atoms with Gasteiger partial charge < -0.3 is 10.1 Å². The maximum atomic E-state index is 12.3. The molecule has 7 heteroatoms. The van der Waals surface area contributed by atoms with Crippen molar-refractivity contribution in [1.82, 2.24) is 9.62 Å². The zero-order chi connectivity index (χ0) is 15.0. The van der Waals surface area contributed by atoms with E-state index in [9.17, 15) is 13.2 Å². The summed E-state index contributed by atoms with van der Waals surface area (Å²) >= 11 is 0. The molecule has 6 nitrogen and oxygen atoms in total. The summed E-state index contributed by atoms with van der Waals surface area (Å²) in [5, 5.41) is 3.32. The second-order valence-corrected chi connectivity index (χ2v) is 7.24. The highest BCUT2D eigenvalue weighted by Crippen LogP contribution is 2.12. The van der Waals surface area contributed by atoms with E-state index in [1.165, 1.54) is 7.11 Å². The number of hydrogen-bond donors (Lipinski definition) is 1. The number of nitrogens with zero attached hydrogens (tertiary/aromatic N) is 1. The SMILES string of the molecule is CCCN(CC1CCCN1)S(=O)(=O)CCCC(=O)OC. The lowest BCUT2D eigenvalue weighted by Gasteiger charge is -2.24. The smallest absolute Gasteiger partial charge is 0.305 e. The number of methoxy groups -OCH3 is 1. The van der Waals surface area contributed by atoms with Crippen LogP contribution >= 0.6 is 0 Å². The van der Waals surface area contributed by atoms with Crippen molar-refractivity contribution < 1.29 is 17.9 Å². The molecule has 1 unspecified atom stereocenters. The summed E-state index contributed by atoms with van der Waals surface area (Å²) < 4.78 is 30.7. The Bertz CT molecular complexity index is 391. The van der Waals surface area contributed by atoms with Gasteiger partial charge in [-0.15, -0.1) is 0 Å². The molecule has 1 rings (SSSR count). The molecule has 1 fully saturated rings. The van der Waals surface area contributed by atoms with Crippen molar-refractivity contribution in [1.29, 1.82) is 0 Å². The van der Waals surface area contributed by atoms with Crippen LogP contribution in [0.5, 0.6) is 0 Å². The highest BCUT2D eigenvalue weighted by molar-refractivity contribution is 7.89. The second kappa shape index (κ2) is 8.59. The summed E-state index contributed by atoms with van der Waals surface area (Å²) in [5.41, 5.74) is 0. The standard InChI is InChI=1S/C13H26N2O4S/c1-3-9-15(11-12-6-4-8-14-12)20(17,18)10-5-7-13(16)19-2/h12,14H,3-11H2,1-2H3. The number of sulfonamides is 1. The molecule has 0 radical (unpaired) electrons. The molecule has 20 heavy (non-hydrogen) atoms. The average Bonchev–Trinajstić information content (AvgIpc) is 2.90. The number of carbonyl (C=O) groups excluding carboxylic acids is 1. The maximum absolute atomic E-state index is 12.3.